The molecule has 0 unspecified atom stereocenters. The molecule has 2 aromatic carbocycles. The van der Waals surface area contributed by atoms with Crippen molar-refractivity contribution in [1.29, 1.82) is 0 Å². The van der Waals surface area contributed by atoms with Gasteiger partial charge in [0, 0.05) is 13.1 Å². The second-order valence-corrected chi connectivity index (χ2v) is 5.01. The summed E-state index contributed by atoms with van der Waals surface area (Å²) in [6, 6.07) is 18.6. The van der Waals surface area contributed by atoms with Gasteiger partial charge in [-0.25, -0.2) is 4.98 Å². The standard InChI is InChI=1S/C18H19N3/c1-2-12-21-17-11-7-6-10-16(17)20-18(21)14-19-13-15-8-4-3-5-9-15/h2-11,19H,1,12-14H2. The van der Waals surface area contributed by atoms with Crippen molar-refractivity contribution in [3.63, 3.8) is 0 Å². The molecule has 3 heteroatoms. The predicted molar refractivity (Wildman–Crippen MR) is 86.9 cm³/mol. The zero-order valence-corrected chi connectivity index (χ0v) is 12.0. The molecule has 0 radical (unpaired) electrons. The predicted octanol–water partition coefficient (Wildman–Crippen LogP) is 3.51. The lowest BCUT2D eigenvalue weighted by Crippen LogP contribution is -2.16. The highest BCUT2D eigenvalue weighted by Crippen LogP contribution is 2.16. The van der Waals surface area contributed by atoms with E-state index in [4.69, 9.17) is 4.98 Å². The van der Waals surface area contributed by atoms with E-state index in [1.807, 2.05) is 24.3 Å². The third kappa shape index (κ3) is 3.03. The van der Waals surface area contributed by atoms with Crippen LogP contribution in [0.1, 0.15) is 11.4 Å². The van der Waals surface area contributed by atoms with E-state index < -0.39 is 0 Å². The van der Waals surface area contributed by atoms with Crippen LogP contribution in [-0.2, 0) is 19.6 Å². The lowest BCUT2D eigenvalue weighted by Gasteiger charge is -2.08. The van der Waals surface area contributed by atoms with Crippen molar-refractivity contribution in [3.05, 3.63) is 78.6 Å². The summed E-state index contributed by atoms with van der Waals surface area (Å²) in [4.78, 5) is 4.72. The Morgan fingerprint density at radius 3 is 2.57 bits per heavy atom. The molecule has 3 nitrogen and oxygen atoms in total. The Bertz CT molecular complexity index is 729. The van der Waals surface area contributed by atoms with Gasteiger partial charge in [0.05, 0.1) is 17.6 Å². The number of hydrogen-bond donors (Lipinski definition) is 1. The molecular formula is C18H19N3. The molecule has 106 valence electrons. The van der Waals surface area contributed by atoms with Gasteiger partial charge in [-0.1, -0.05) is 48.5 Å². The fraction of sp³-hybridized carbons (Fsp3) is 0.167. The molecule has 0 aliphatic rings. The molecule has 0 aliphatic heterocycles. The van der Waals surface area contributed by atoms with Crippen LogP contribution in [0.2, 0.25) is 0 Å². The number of nitrogens with one attached hydrogen (secondary N) is 1. The molecule has 0 bridgehead atoms. The second kappa shape index (κ2) is 6.37. The lowest BCUT2D eigenvalue weighted by molar-refractivity contribution is 0.632. The van der Waals surface area contributed by atoms with E-state index in [0.717, 1.165) is 36.5 Å². The summed E-state index contributed by atoms with van der Waals surface area (Å²) < 4.78 is 2.21. The van der Waals surface area contributed by atoms with Crippen LogP contribution in [0.15, 0.2) is 67.3 Å². The maximum atomic E-state index is 4.72. The quantitative estimate of drug-likeness (QED) is 0.699. The zero-order chi connectivity index (χ0) is 14.5. The van der Waals surface area contributed by atoms with Crippen LogP contribution in [0.4, 0.5) is 0 Å². The van der Waals surface area contributed by atoms with Crippen molar-refractivity contribution >= 4 is 11.0 Å². The summed E-state index contributed by atoms with van der Waals surface area (Å²) in [5, 5.41) is 3.46. The number of imidazole rings is 1. The number of para-hydroxylation sites is 2. The summed E-state index contributed by atoms with van der Waals surface area (Å²) in [7, 11) is 0. The summed E-state index contributed by atoms with van der Waals surface area (Å²) >= 11 is 0. The molecule has 0 aliphatic carbocycles. The molecule has 0 fully saturated rings. The van der Waals surface area contributed by atoms with Crippen LogP contribution in [0.5, 0.6) is 0 Å². The highest BCUT2D eigenvalue weighted by molar-refractivity contribution is 5.75. The van der Waals surface area contributed by atoms with Crippen LogP contribution >= 0.6 is 0 Å². The summed E-state index contributed by atoms with van der Waals surface area (Å²) in [6.07, 6.45) is 1.91. The van der Waals surface area contributed by atoms with E-state index in [9.17, 15) is 0 Å². The van der Waals surface area contributed by atoms with Crippen molar-refractivity contribution in [2.45, 2.75) is 19.6 Å². The topological polar surface area (TPSA) is 29.9 Å². The second-order valence-electron chi connectivity index (χ2n) is 5.01. The Morgan fingerprint density at radius 2 is 1.76 bits per heavy atom. The van der Waals surface area contributed by atoms with Gasteiger partial charge in [0.1, 0.15) is 5.82 Å². The summed E-state index contributed by atoms with van der Waals surface area (Å²) in [6.45, 7) is 6.22. The highest BCUT2D eigenvalue weighted by Gasteiger charge is 2.08. The Kier molecular flexibility index (Phi) is 4.12. The van der Waals surface area contributed by atoms with Crippen molar-refractivity contribution in [2.24, 2.45) is 0 Å². The monoisotopic (exact) mass is 277 g/mol. The summed E-state index contributed by atoms with van der Waals surface area (Å²) in [5.41, 5.74) is 3.48. The van der Waals surface area contributed by atoms with Crippen molar-refractivity contribution < 1.29 is 0 Å². The first-order valence-electron chi connectivity index (χ1n) is 7.18. The molecule has 21 heavy (non-hydrogen) atoms. The number of benzene rings is 2. The zero-order valence-electron chi connectivity index (χ0n) is 12.0. The lowest BCUT2D eigenvalue weighted by atomic mass is 10.2. The number of rotatable bonds is 6. The van der Waals surface area contributed by atoms with E-state index >= 15 is 0 Å². The van der Waals surface area contributed by atoms with Gasteiger partial charge in [0.2, 0.25) is 0 Å². The fourth-order valence-corrected chi connectivity index (χ4v) is 2.51. The Balaban J connectivity index is 1.76. The Labute approximate surface area is 124 Å². The molecule has 1 aromatic heterocycles. The van der Waals surface area contributed by atoms with Crippen molar-refractivity contribution in [2.75, 3.05) is 0 Å². The van der Waals surface area contributed by atoms with Gasteiger partial charge in [-0.2, -0.15) is 0 Å². The normalized spacial score (nSPS) is 10.9. The minimum atomic E-state index is 0.747. The van der Waals surface area contributed by atoms with E-state index in [0.29, 0.717) is 0 Å². The fourth-order valence-electron chi connectivity index (χ4n) is 2.51. The van der Waals surface area contributed by atoms with Gasteiger partial charge in [0.15, 0.2) is 0 Å². The average Bonchev–Trinajstić information content (AvgIpc) is 2.87. The van der Waals surface area contributed by atoms with Gasteiger partial charge in [-0.15, -0.1) is 6.58 Å². The van der Waals surface area contributed by atoms with Crippen LogP contribution in [-0.4, -0.2) is 9.55 Å². The molecule has 3 rings (SSSR count). The number of fused-ring (bicyclic) bond motifs is 1. The molecule has 0 saturated carbocycles. The molecule has 1 heterocycles. The van der Waals surface area contributed by atoms with Crippen LogP contribution in [0.25, 0.3) is 11.0 Å². The van der Waals surface area contributed by atoms with Gasteiger partial charge in [0.25, 0.3) is 0 Å². The SMILES string of the molecule is C=CCn1c(CNCc2ccccc2)nc2ccccc21. The molecule has 3 aromatic rings. The summed E-state index contributed by atoms with van der Waals surface area (Å²) in [5.74, 6) is 1.05. The van der Waals surface area contributed by atoms with Crippen molar-refractivity contribution in [1.82, 2.24) is 14.9 Å². The molecular weight excluding hydrogens is 258 g/mol. The molecule has 0 spiro atoms. The van der Waals surface area contributed by atoms with Gasteiger partial charge in [-0.3, -0.25) is 0 Å². The molecule has 0 amide bonds. The van der Waals surface area contributed by atoms with Gasteiger partial charge < -0.3 is 9.88 Å². The third-order valence-electron chi connectivity index (χ3n) is 3.50. The van der Waals surface area contributed by atoms with E-state index in [2.05, 4.69) is 52.9 Å². The first-order chi connectivity index (χ1) is 10.4. The smallest absolute Gasteiger partial charge is 0.124 e. The maximum absolute atomic E-state index is 4.72. The number of hydrogen-bond acceptors (Lipinski definition) is 2. The van der Waals surface area contributed by atoms with Crippen LogP contribution < -0.4 is 5.32 Å². The number of nitrogens with zero attached hydrogens (tertiary/aromatic N) is 2. The Morgan fingerprint density at radius 1 is 1.00 bits per heavy atom. The molecule has 0 atom stereocenters. The number of allylic oxidation sites excluding steroid dienone is 1. The molecule has 0 saturated heterocycles. The van der Waals surface area contributed by atoms with Gasteiger partial charge in [-0.05, 0) is 17.7 Å². The van der Waals surface area contributed by atoms with Gasteiger partial charge >= 0.3 is 0 Å². The molecule has 1 N–H and O–H groups in total. The Hall–Kier alpha value is -2.39. The minimum Gasteiger partial charge on any atom is -0.323 e. The largest absolute Gasteiger partial charge is 0.323 e. The first kappa shape index (κ1) is 13.6. The first-order valence-corrected chi connectivity index (χ1v) is 7.18. The van der Waals surface area contributed by atoms with E-state index in [1.54, 1.807) is 0 Å². The van der Waals surface area contributed by atoms with E-state index in [1.165, 1.54) is 5.56 Å². The van der Waals surface area contributed by atoms with E-state index in [-0.39, 0.29) is 0 Å². The highest BCUT2D eigenvalue weighted by atomic mass is 15.1. The van der Waals surface area contributed by atoms with Crippen LogP contribution in [0.3, 0.4) is 0 Å². The number of aromatic nitrogens is 2. The third-order valence-corrected chi connectivity index (χ3v) is 3.50. The minimum absolute atomic E-state index is 0.747. The van der Waals surface area contributed by atoms with Crippen molar-refractivity contribution in [3.8, 4) is 0 Å². The maximum Gasteiger partial charge on any atom is 0.124 e. The van der Waals surface area contributed by atoms with Crippen LogP contribution in [0, 0.1) is 0 Å². The average molecular weight is 277 g/mol.